The maximum atomic E-state index is 12.1. The summed E-state index contributed by atoms with van der Waals surface area (Å²) in [7, 11) is -3.73. The number of carboxylic acids is 1. The summed E-state index contributed by atoms with van der Waals surface area (Å²) in [5, 5.41) is 10.6. The van der Waals surface area contributed by atoms with E-state index in [1.165, 1.54) is 24.3 Å². The second-order valence-electron chi connectivity index (χ2n) is 4.28. The first-order valence-electron chi connectivity index (χ1n) is 5.79. The van der Waals surface area contributed by atoms with Crippen molar-refractivity contribution in [2.45, 2.75) is 11.8 Å². The molecule has 0 aromatic heterocycles. The summed E-state index contributed by atoms with van der Waals surface area (Å²) >= 11 is 0. The topological polar surface area (TPSA) is 86.3 Å². The van der Waals surface area contributed by atoms with E-state index in [0.717, 1.165) is 5.56 Å². The van der Waals surface area contributed by atoms with Crippen molar-refractivity contribution < 1.29 is 18.3 Å². The lowest BCUT2D eigenvalue weighted by molar-refractivity contribution is -0.255. The van der Waals surface area contributed by atoms with Crippen LogP contribution in [0.2, 0.25) is 0 Å². The van der Waals surface area contributed by atoms with Gasteiger partial charge in [-0.1, -0.05) is 29.8 Å². The number of aryl methyl sites for hydroxylation is 1. The van der Waals surface area contributed by atoms with E-state index in [0.29, 0.717) is 5.69 Å². The lowest BCUT2D eigenvalue weighted by Gasteiger charge is -2.09. The second kappa shape index (κ2) is 5.34. The van der Waals surface area contributed by atoms with Crippen LogP contribution in [-0.4, -0.2) is 14.4 Å². The Morgan fingerprint density at radius 3 is 2.05 bits per heavy atom. The van der Waals surface area contributed by atoms with Crippen LogP contribution in [-0.2, 0) is 10.0 Å². The predicted molar refractivity (Wildman–Crippen MR) is 72.8 cm³/mol. The molecule has 0 atom stereocenters. The van der Waals surface area contributed by atoms with E-state index in [1.54, 1.807) is 24.3 Å². The van der Waals surface area contributed by atoms with Crippen LogP contribution >= 0.6 is 0 Å². The molecule has 6 heteroatoms. The van der Waals surface area contributed by atoms with Crippen molar-refractivity contribution in [2.75, 3.05) is 4.72 Å². The average molecular weight is 290 g/mol. The number of carbonyl (C=O) groups excluding carboxylic acids is 1. The molecule has 20 heavy (non-hydrogen) atoms. The summed E-state index contributed by atoms with van der Waals surface area (Å²) in [5.41, 5.74) is 1.39. The molecule has 2 rings (SSSR count). The van der Waals surface area contributed by atoms with Gasteiger partial charge in [0, 0.05) is 5.69 Å². The van der Waals surface area contributed by atoms with E-state index in [4.69, 9.17) is 0 Å². The number of hydrogen-bond donors (Lipinski definition) is 1. The first-order valence-corrected chi connectivity index (χ1v) is 7.28. The number of sulfonamides is 1. The molecule has 0 fully saturated rings. The number of rotatable bonds is 4. The monoisotopic (exact) mass is 290 g/mol. The molecule has 0 aliphatic heterocycles. The maximum absolute atomic E-state index is 12.1. The molecular weight excluding hydrogens is 278 g/mol. The molecule has 0 aliphatic rings. The minimum Gasteiger partial charge on any atom is -0.545 e. The molecule has 104 valence electrons. The highest BCUT2D eigenvalue weighted by molar-refractivity contribution is 7.92. The average Bonchev–Trinajstić information content (AvgIpc) is 2.41. The summed E-state index contributed by atoms with van der Waals surface area (Å²) in [6.45, 7) is 1.90. The van der Waals surface area contributed by atoms with E-state index in [-0.39, 0.29) is 10.5 Å². The van der Waals surface area contributed by atoms with Crippen molar-refractivity contribution in [3.05, 3.63) is 59.7 Å². The third-order valence-electron chi connectivity index (χ3n) is 2.70. The summed E-state index contributed by atoms with van der Waals surface area (Å²) in [5.74, 6) is -1.35. The Kier molecular flexibility index (Phi) is 3.76. The minimum absolute atomic E-state index is 0.0110. The van der Waals surface area contributed by atoms with Crippen molar-refractivity contribution in [1.82, 2.24) is 0 Å². The zero-order chi connectivity index (χ0) is 14.8. The number of benzene rings is 2. The van der Waals surface area contributed by atoms with E-state index in [9.17, 15) is 18.3 Å². The van der Waals surface area contributed by atoms with Crippen molar-refractivity contribution in [3.63, 3.8) is 0 Å². The first-order chi connectivity index (χ1) is 9.38. The smallest absolute Gasteiger partial charge is 0.261 e. The fourth-order valence-electron chi connectivity index (χ4n) is 1.61. The van der Waals surface area contributed by atoms with Gasteiger partial charge in [0.2, 0.25) is 0 Å². The van der Waals surface area contributed by atoms with Gasteiger partial charge in [-0.2, -0.15) is 0 Å². The van der Waals surface area contributed by atoms with Gasteiger partial charge in [0.25, 0.3) is 10.0 Å². The number of nitrogens with one attached hydrogen (secondary N) is 1. The lowest BCUT2D eigenvalue weighted by Crippen LogP contribution is -2.22. The summed E-state index contributed by atoms with van der Waals surface area (Å²) in [6, 6.07) is 11.7. The van der Waals surface area contributed by atoms with E-state index >= 15 is 0 Å². The summed E-state index contributed by atoms with van der Waals surface area (Å²) in [6.07, 6.45) is 0. The van der Waals surface area contributed by atoms with Crippen LogP contribution in [0.15, 0.2) is 53.4 Å². The van der Waals surface area contributed by atoms with Crippen molar-refractivity contribution in [1.29, 1.82) is 0 Å². The van der Waals surface area contributed by atoms with Gasteiger partial charge in [-0.25, -0.2) is 8.42 Å². The fraction of sp³-hybridized carbons (Fsp3) is 0.0714. The van der Waals surface area contributed by atoms with Gasteiger partial charge >= 0.3 is 0 Å². The van der Waals surface area contributed by atoms with Gasteiger partial charge in [0.15, 0.2) is 0 Å². The Bertz CT molecular complexity index is 719. The normalized spacial score (nSPS) is 11.1. The number of carboxylic acid groups (broad SMARTS) is 1. The van der Waals surface area contributed by atoms with Gasteiger partial charge in [0.05, 0.1) is 10.9 Å². The lowest BCUT2D eigenvalue weighted by atomic mass is 10.2. The van der Waals surface area contributed by atoms with Crippen LogP contribution in [0.5, 0.6) is 0 Å². The molecule has 0 radical (unpaired) electrons. The van der Waals surface area contributed by atoms with Gasteiger partial charge in [-0.3, -0.25) is 4.72 Å². The molecule has 2 aromatic rings. The highest BCUT2D eigenvalue weighted by Gasteiger charge is 2.13. The highest BCUT2D eigenvalue weighted by atomic mass is 32.2. The molecule has 1 N–H and O–H groups in total. The third-order valence-corrected chi connectivity index (χ3v) is 4.10. The van der Waals surface area contributed by atoms with E-state index in [1.807, 2.05) is 6.92 Å². The van der Waals surface area contributed by atoms with Crippen LogP contribution in [0.1, 0.15) is 15.9 Å². The number of carbonyl (C=O) groups is 1. The van der Waals surface area contributed by atoms with Crippen LogP contribution in [0.4, 0.5) is 5.69 Å². The van der Waals surface area contributed by atoms with Gasteiger partial charge in [-0.15, -0.1) is 0 Å². The zero-order valence-corrected chi connectivity index (χ0v) is 11.5. The molecule has 0 aliphatic carbocycles. The molecule has 0 unspecified atom stereocenters. The Balaban J connectivity index is 2.26. The van der Waals surface area contributed by atoms with Gasteiger partial charge in [-0.05, 0) is 36.8 Å². The van der Waals surface area contributed by atoms with Crippen molar-refractivity contribution in [2.24, 2.45) is 0 Å². The highest BCUT2D eigenvalue weighted by Crippen LogP contribution is 2.17. The number of anilines is 1. The van der Waals surface area contributed by atoms with Gasteiger partial charge < -0.3 is 9.90 Å². The van der Waals surface area contributed by atoms with Gasteiger partial charge in [0.1, 0.15) is 0 Å². The fourth-order valence-corrected chi connectivity index (χ4v) is 2.66. The van der Waals surface area contributed by atoms with Crippen LogP contribution in [0.25, 0.3) is 0 Å². The van der Waals surface area contributed by atoms with E-state index < -0.39 is 16.0 Å². The Labute approximate surface area is 116 Å². The largest absolute Gasteiger partial charge is 0.545 e. The minimum atomic E-state index is -3.73. The zero-order valence-electron chi connectivity index (χ0n) is 10.7. The molecule has 0 saturated carbocycles. The molecule has 5 nitrogen and oxygen atoms in total. The van der Waals surface area contributed by atoms with E-state index in [2.05, 4.69) is 4.72 Å². The Morgan fingerprint density at radius 2 is 1.55 bits per heavy atom. The first kappa shape index (κ1) is 14.1. The van der Waals surface area contributed by atoms with Crippen LogP contribution in [0, 0.1) is 6.92 Å². The molecule has 0 amide bonds. The predicted octanol–water partition coefficient (Wildman–Crippen LogP) is 1.16. The second-order valence-corrected chi connectivity index (χ2v) is 5.97. The molecule has 0 bridgehead atoms. The Hall–Kier alpha value is -2.34. The SMILES string of the molecule is Cc1ccc(NS(=O)(=O)c2ccc(C(=O)[O-])cc2)cc1. The van der Waals surface area contributed by atoms with Crippen molar-refractivity contribution in [3.8, 4) is 0 Å². The molecule has 0 heterocycles. The Morgan fingerprint density at radius 1 is 1.00 bits per heavy atom. The maximum Gasteiger partial charge on any atom is 0.261 e. The molecular formula is C14H12NO4S-. The molecule has 2 aromatic carbocycles. The van der Waals surface area contributed by atoms with Crippen molar-refractivity contribution >= 4 is 21.7 Å². The molecule has 0 saturated heterocycles. The third kappa shape index (κ3) is 3.16. The number of hydrogen-bond acceptors (Lipinski definition) is 4. The van der Waals surface area contributed by atoms with Crippen LogP contribution in [0.3, 0.4) is 0 Å². The summed E-state index contributed by atoms with van der Waals surface area (Å²) in [4.78, 5) is 10.6. The molecule has 0 spiro atoms. The van der Waals surface area contributed by atoms with Crippen LogP contribution < -0.4 is 9.83 Å². The number of aromatic carboxylic acids is 1. The summed E-state index contributed by atoms with van der Waals surface area (Å²) < 4.78 is 26.6. The standard InChI is InChI=1S/C14H13NO4S/c1-10-2-6-12(7-3-10)15-20(18,19)13-8-4-11(5-9-13)14(16)17/h2-9,15H,1H3,(H,16,17)/p-1. The quantitative estimate of drug-likeness (QED) is 0.915.